The van der Waals surface area contributed by atoms with Crippen LogP contribution in [0.2, 0.25) is 0 Å². The lowest BCUT2D eigenvalue weighted by Gasteiger charge is -2.04. The topological polar surface area (TPSA) is 107 Å². The van der Waals surface area contributed by atoms with Crippen LogP contribution in [0.15, 0.2) is 11.2 Å². The summed E-state index contributed by atoms with van der Waals surface area (Å²) in [7, 11) is 1.25. The molecule has 0 aliphatic carbocycles. The molecule has 0 unspecified atom stereocenters. The minimum Gasteiger partial charge on any atom is -0.468 e. The predicted octanol–water partition coefficient (Wildman–Crippen LogP) is 1.08. The Morgan fingerprint density at radius 2 is 2.39 bits per heavy atom. The highest BCUT2D eigenvalue weighted by molar-refractivity contribution is 8.00. The number of hydrogen-bond acceptors (Lipinski definition) is 8. The standard InChI is InChI=1S/C9H12N4O4S/c1-3-10-9-11-4-6(13(15)16)8(12-9)18-5-7(14)17-2/h4H,3,5H2,1-2H3,(H,10,11,12). The molecule has 0 spiro atoms. The van der Waals surface area contributed by atoms with Crippen LogP contribution in [0.1, 0.15) is 6.92 Å². The molecule has 0 fully saturated rings. The van der Waals surface area contributed by atoms with E-state index in [-0.39, 0.29) is 22.4 Å². The van der Waals surface area contributed by atoms with Gasteiger partial charge in [0, 0.05) is 6.54 Å². The molecular weight excluding hydrogens is 260 g/mol. The first-order valence-electron chi connectivity index (χ1n) is 5.03. The van der Waals surface area contributed by atoms with Gasteiger partial charge in [0.2, 0.25) is 5.95 Å². The van der Waals surface area contributed by atoms with E-state index in [0.29, 0.717) is 6.54 Å². The van der Waals surface area contributed by atoms with Crippen molar-refractivity contribution in [2.24, 2.45) is 0 Å². The number of thioether (sulfide) groups is 1. The maximum Gasteiger partial charge on any atom is 0.319 e. The van der Waals surface area contributed by atoms with Gasteiger partial charge in [-0.2, -0.15) is 4.98 Å². The number of esters is 1. The van der Waals surface area contributed by atoms with Crippen LogP contribution < -0.4 is 5.32 Å². The van der Waals surface area contributed by atoms with Crippen molar-refractivity contribution in [3.05, 3.63) is 16.3 Å². The van der Waals surface area contributed by atoms with Gasteiger partial charge in [-0.15, -0.1) is 0 Å². The fourth-order valence-corrected chi connectivity index (χ4v) is 1.82. The molecule has 0 amide bonds. The highest BCUT2D eigenvalue weighted by atomic mass is 32.2. The summed E-state index contributed by atoms with van der Waals surface area (Å²) in [4.78, 5) is 29.0. The Labute approximate surface area is 107 Å². The quantitative estimate of drug-likeness (QED) is 0.269. The number of methoxy groups -OCH3 is 1. The predicted molar refractivity (Wildman–Crippen MR) is 65.6 cm³/mol. The molecule has 0 aliphatic rings. The Morgan fingerprint density at radius 1 is 1.67 bits per heavy atom. The molecule has 0 aromatic carbocycles. The maximum absolute atomic E-state index is 11.0. The van der Waals surface area contributed by atoms with E-state index >= 15 is 0 Å². The summed E-state index contributed by atoms with van der Waals surface area (Å²) >= 11 is 0.941. The number of hydrogen-bond donors (Lipinski definition) is 1. The third-order valence-electron chi connectivity index (χ3n) is 1.82. The van der Waals surface area contributed by atoms with Crippen molar-refractivity contribution in [3.8, 4) is 0 Å². The number of anilines is 1. The molecule has 98 valence electrons. The van der Waals surface area contributed by atoms with E-state index in [2.05, 4.69) is 20.0 Å². The fourth-order valence-electron chi connectivity index (χ4n) is 1.02. The second-order valence-electron chi connectivity index (χ2n) is 3.04. The molecule has 1 aromatic heterocycles. The zero-order valence-corrected chi connectivity index (χ0v) is 10.7. The summed E-state index contributed by atoms with van der Waals surface area (Å²) in [6.07, 6.45) is 1.12. The van der Waals surface area contributed by atoms with Crippen LogP contribution in [0, 0.1) is 10.1 Å². The third kappa shape index (κ3) is 3.84. The lowest BCUT2D eigenvalue weighted by Crippen LogP contribution is -2.07. The van der Waals surface area contributed by atoms with Gasteiger partial charge < -0.3 is 10.1 Å². The summed E-state index contributed by atoms with van der Waals surface area (Å²) in [6, 6.07) is 0. The first-order valence-corrected chi connectivity index (χ1v) is 6.02. The Kier molecular flexibility index (Phi) is 5.31. The molecule has 1 aromatic rings. The molecule has 8 nitrogen and oxygen atoms in total. The van der Waals surface area contributed by atoms with Gasteiger partial charge in [-0.3, -0.25) is 14.9 Å². The molecule has 0 saturated heterocycles. The molecule has 1 N–H and O–H groups in total. The van der Waals surface area contributed by atoms with Crippen molar-refractivity contribution in [1.29, 1.82) is 0 Å². The van der Waals surface area contributed by atoms with Crippen LogP contribution in [0.3, 0.4) is 0 Å². The molecule has 18 heavy (non-hydrogen) atoms. The van der Waals surface area contributed by atoms with Crippen molar-refractivity contribution in [2.75, 3.05) is 24.7 Å². The number of rotatable bonds is 6. The Hall–Kier alpha value is -1.90. The van der Waals surface area contributed by atoms with Crippen LogP contribution >= 0.6 is 11.8 Å². The maximum atomic E-state index is 11.0. The van der Waals surface area contributed by atoms with E-state index in [4.69, 9.17) is 0 Å². The Balaban J connectivity index is 2.92. The normalized spacial score (nSPS) is 9.89. The highest BCUT2D eigenvalue weighted by Gasteiger charge is 2.18. The summed E-state index contributed by atoms with van der Waals surface area (Å²) in [5, 5.41) is 13.8. The number of carbonyl (C=O) groups excluding carboxylic acids is 1. The van der Waals surface area contributed by atoms with Crippen molar-refractivity contribution < 1.29 is 14.5 Å². The molecule has 9 heteroatoms. The largest absolute Gasteiger partial charge is 0.468 e. The van der Waals surface area contributed by atoms with Gasteiger partial charge >= 0.3 is 11.7 Å². The van der Waals surface area contributed by atoms with Gasteiger partial charge in [0.15, 0.2) is 5.03 Å². The summed E-state index contributed by atoms with van der Waals surface area (Å²) in [5.74, 6) is -0.228. The molecule has 1 rings (SSSR count). The number of nitrogens with one attached hydrogen (secondary N) is 1. The van der Waals surface area contributed by atoms with Gasteiger partial charge in [0.25, 0.3) is 0 Å². The second kappa shape index (κ2) is 6.74. The van der Waals surface area contributed by atoms with E-state index in [9.17, 15) is 14.9 Å². The number of nitrogens with zero attached hydrogens (tertiary/aromatic N) is 3. The summed E-state index contributed by atoms with van der Waals surface area (Å²) in [6.45, 7) is 2.45. The average molecular weight is 272 g/mol. The molecule has 1 heterocycles. The summed E-state index contributed by atoms with van der Waals surface area (Å²) in [5.41, 5.74) is -0.231. The number of aromatic nitrogens is 2. The third-order valence-corrected chi connectivity index (χ3v) is 2.78. The summed E-state index contributed by atoms with van der Waals surface area (Å²) < 4.78 is 4.46. The van der Waals surface area contributed by atoms with Crippen molar-refractivity contribution in [3.63, 3.8) is 0 Å². The molecule has 0 saturated carbocycles. The van der Waals surface area contributed by atoms with E-state index in [1.165, 1.54) is 7.11 Å². The zero-order chi connectivity index (χ0) is 13.5. The van der Waals surface area contributed by atoms with Crippen molar-refractivity contribution in [1.82, 2.24) is 9.97 Å². The van der Waals surface area contributed by atoms with Gasteiger partial charge in [-0.05, 0) is 6.92 Å². The fraction of sp³-hybridized carbons (Fsp3) is 0.444. The lowest BCUT2D eigenvalue weighted by molar-refractivity contribution is -0.388. The lowest BCUT2D eigenvalue weighted by atomic mass is 10.5. The molecule has 0 atom stereocenters. The molecular formula is C9H12N4O4S. The first kappa shape index (κ1) is 14.2. The first-order chi connectivity index (χ1) is 8.58. The van der Waals surface area contributed by atoms with Crippen molar-refractivity contribution >= 4 is 29.4 Å². The van der Waals surface area contributed by atoms with Gasteiger partial charge in [0.05, 0.1) is 17.8 Å². The molecule has 0 radical (unpaired) electrons. The van der Waals surface area contributed by atoms with E-state index in [1.54, 1.807) is 0 Å². The number of ether oxygens (including phenoxy) is 1. The minimum absolute atomic E-state index is 0.0417. The van der Waals surface area contributed by atoms with E-state index < -0.39 is 10.9 Å². The minimum atomic E-state index is -0.588. The highest BCUT2D eigenvalue weighted by Crippen LogP contribution is 2.27. The van der Waals surface area contributed by atoms with Crippen LogP contribution in [0.25, 0.3) is 0 Å². The van der Waals surface area contributed by atoms with Crippen LogP contribution in [-0.4, -0.2) is 40.3 Å². The smallest absolute Gasteiger partial charge is 0.319 e. The average Bonchev–Trinajstić information content (AvgIpc) is 2.36. The monoisotopic (exact) mass is 272 g/mol. The van der Waals surface area contributed by atoms with Gasteiger partial charge in [-0.1, -0.05) is 11.8 Å². The van der Waals surface area contributed by atoms with Gasteiger partial charge in [-0.25, -0.2) is 4.98 Å². The van der Waals surface area contributed by atoms with E-state index in [1.807, 2.05) is 6.92 Å². The second-order valence-corrected chi connectivity index (χ2v) is 4.00. The van der Waals surface area contributed by atoms with Crippen LogP contribution in [0.4, 0.5) is 11.6 Å². The zero-order valence-electron chi connectivity index (χ0n) is 9.87. The number of nitro groups is 1. The van der Waals surface area contributed by atoms with Crippen LogP contribution in [0.5, 0.6) is 0 Å². The Morgan fingerprint density at radius 3 is 2.94 bits per heavy atom. The molecule has 0 aliphatic heterocycles. The van der Waals surface area contributed by atoms with Crippen molar-refractivity contribution in [2.45, 2.75) is 11.9 Å². The SMILES string of the molecule is CCNc1ncc([N+](=O)[O-])c(SCC(=O)OC)n1. The van der Waals surface area contributed by atoms with Crippen LogP contribution in [-0.2, 0) is 9.53 Å². The molecule has 0 bridgehead atoms. The van der Waals surface area contributed by atoms with Gasteiger partial charge in [0.1, 0.15) is 6.20 Å². The van der Waals surface area contributed by atoms with E-state index in [0.717, 1.165) is 18.0 Å². The Bertz CT molecular complexity index is 454. The number of carbonyl (C=O) groups is 1.